The molecule has 1 unspecified atom stereocenters. The molecule has 0 spiro atoms. The minimum Gasteiger partial charge on any atom is -0.480 e. The largest absolute Gasteiger partial charge is 0.480 e. The molecule has 1 atom stereocenters. The maximum Gasteiger partial charge on any atom is 0.325 e. The molecule has 0 fully saturated rings. The van der Waals surface area contributed by atoms with Crippen LogP contribution < -0.4 is 0 Å². The van der Waals surface area contributed by atoms with Gasteiger partial charge in [0, 0.05) is 6.54 Å². The van der Waals surface area contributed by atoms with Gasteiger partial charge in [0.25, 0.3) is 0 Å². The van der Waals surface area contributed by atoms with E-state index in [2.05, 4.69) is 9.89 Å². The first-order chi connectivity index (χ1) is 10.2. The van der Waals surface area contributed by atoms with Gasteiger partial charge in [-0.05, 0) is 19.4 Å². The molecule has 1 heterocycles. The second-order valence-electron chi connectivity index (χ2n) is 4.83. The monoisotopic (exact) mass is 290 g/mol. The van der Waals surface area contributed by atoms with Gasteiger partial charge in [0.05, 0.1) is 26.3 Å². The van der Waals surface area contributed by atoms with Crippen molar-refractivity contribution >= 4 is 11.9 Å². The standard InChI is InChI=1S/C16H22N2O3/c1-3-20-15-12-18(11-13-8-6-5-7-9-13)14(10-17-15)16(19)21-4-2/h5-9,14H,3-4,10-12H2,1-2H3. The molecule has 21 heavy (non-hydrogen) atoms. The lowest BCUT2D eigenvalue weighted by Gasteiger charge is -2.32. The summed E-state index contributed by atoms with van der Waals surface area (Å²) < 4.78 is 10.6. The van der Waals surface area contributed by atoms with Gasteiger partial charge in [0.1, 0.15) is 6.04 Å². The average Bonchev–Trinajstić information content (AvgIpc) is 2.49. The van der Waals surface area contributed by atoms with Crippen molar-refractivity contribution in [3.8, 4) is 0 Å². The van der Waals surface area contributed by atoms with Crippen molar-refractivity contribution in [2.75, 3.05) is 26.3 Å². The fraction of sp³-hybridized carbons (Fsp3) is 0.500. The Morgan fingerprint density at radius 3 is 2.71 bits per heavy atom. The Morgan fingerprint density at radius 2 is 2.05 bits per heavy atom. The Bertz CT molecular complexity index is 488. The smallest absolute Gasteiger partial charge is 0.325 e. The van der Waals surface area contributed by atoms with Gasteiger partial charge in [0.2, 0.25) is 0 Å². The van der Waals surface area contributed by atoms with Crippen LogP contribution in [0.3, 0.4) is 0 Å². The zero-order chi connectivity index (χ0) is 15.1. The second-order valence-corrected chi connectivity index (χ2v) is 4.83. The molecule has 0 bridgehead atoms. The van der Waals surface area contributed by atoms with Crippen LogP contribution >= 0.6 is 0 Å². The zero-order valence-corrected chi connectivity index (χ0v) is 12.6. The van der Waals surface area contributed by atoms with Gasteiger partial charge in [-0.15, -0.1) is 0 Å². The van der Waals surface area contributed by atoms with Crippen molar-refractivity contribution < 1.29 is 14.3 Å². The summed E-state index contributed by atoms with van der Waals surface area (Å²) in [5.41, 5.74) is 1.16. The first kappa shape index (κ1) is 15.5. The Hall–Kier alpha value is -1.88. The van der Waals surface area contributed by atoms with Crippen LogP contribution in [-0.4, -0.2) is 49.1 Å². The van der Waals surface area contributed by atoms with Crippen LogP contribution in [0.2, 0.25) is 0 Å². The third kappa shape index (κ3) is 4.29. The Balaban J connectivity index is 2.11. The number of aliphatic imine (C=N–C) groups is 1. The van der Waals surface area contributed by atoms with E-state index in [1.807, 2.05) is 44.2 Å². The number of nitrogens with zero attached hydrogens (tertiary/aromatic N) is 2. The Morgan fingerprint density at radius 1 is 1.29 bits per heavy atom. The van der Waals surface area contributed by atoms with E-state index >= 15 is 0 Å². The highest BCUT2D eigenvalue weighted by molar-refractivity contribution is 5.83. The number of rotatable bonds is 5. The third-order valence-corrected chi connectivity index (χ3v) is 3.32. The van der Waals surface area contributed by atoms with Crippen LogP contribution in [0.4, 0.5) is 0 Å². The zero-order valence-electron chi connectivity index (χ0n) is 12.6. The SMILES string of the molecule is CCOC(=O)C1CN=C(OCC)CN1Cc1ccccc1. The van der Waals surface area contributed by atoms with Crippen LogP contribution in [0.15, 0.2) is 35.3 Å². The van der Waals surface area contributed by atoms with E-state index in [1.54, 1.807) is 0 Å². The van der Waals surface area contributed by atoms with Crippen molar-refractivity contribution in [1.29, 1.82) is 0 Å². The van der Waals surface area contributed by atoms with E-state index in [4.69, 9.17) is 9.47 Å². The first-order valence-corrected chi connectivity index (χ1v) is 7.35. The molecule has 1 aliphatic heterocycles. The fourth-order valence-corrected chi connectivity index (χ4v) is 2.34. The van der Waals surface area contributed by atoms with E-state index < -0.39 is 0 Å². The molecule has 5 nitrogen and oxygen atoms in total. The quantitative estimate of drug-likeness (QED) is 0.777. The molecule has 0 N–H and O–H groups in total. The number of hydrogen-bond donors (Lipinski definition) is 0. The van der Waals surface area contributed by atoms with Crippen molar-refractivity contribution in [3.63, 3.8) is 0 Å². The van der Waals surface area contributed by atoms with Crippen LogP contribution in [-0.2, 0) is 20.8 Å². The van der Waals surface area contributed by atoms with Gasteiger partial charge >= 0.3 is 5.97 Å². The van der Waals surface area contributed by atoms with E-state index in [0.717, 1.165) is 5.56 Å². The Kier molecular flexibility index (Phi) is 5.75. The average molecular weight is 290 g/mol. The molecule has 5 heteroatoms. The molecule has 2 rings (SSSR count). The topological polar surface area (TPSA) is 51.1 Å². The Labute approximate surface area is 125 Å². The molecular weight excluding hydrogens is 268 g/mol. The first-order valence-electron chi connectivity index (χ1n) is 7.35. The minimum absolute atomic E-state index is 0.215. The molecule has 0 amide bonds. The maximum atomic E-state index is 12.1. The van der Waals surface area contributed by atoms with E-state index in [0.29, 0.717) is 38.7 Å². The number of esters is 1. The summed E-state index contributed by atoms with van der Waals surface area (Å²) in [6.45, 7) is 6.32. The highest BCUT2D eigenvalue weighted by atomic mass is 16.5. The van der Waals surface area contributed by atoms with Gasteiger partial charge < -0.3 is 9.47 Å². The third-order valence-electron chi connectivity index (χ3n) is 3.32. The van der Waals surface area contributed by atoms with Gasteiger partial charge in [-0.1, -0.05) is 30.3 Å². The minimum atomic E-state index is -0.339. The molecule has 1 aliphatic rings. The summed E-state index contributed by atoms with van der Waals surface area (Å²) in [7, 11) is 0. The van der Waals surface area contributed by atoms with Crippen molar-refractivity contribution in [3.05, 3.63) is 35.9 Å². The van der Waals surface area contributed by atoms with Gasteiger partial charge in [-0.3, -0.25) is 14.7 Å². The number of carbonyl (C=O) groups is 1. The van der Waals surface area contributed by atoms with E-state index in [-0.39, 0.29) is 12.0 Å². The molecule has 114 valence electrons. The second kappa shape index (κ2) is 7.78. The summed E-state index contributed by atoms with van der Waals surface area (Å²) in [5, 5.41) is 0. The molecule has 0 aromatic heterocycles. The summed E-state index contributed by atoms with van der Waals surface area (Å²) in [6.07, 6.45) is 0. The van der Waals surface area contributed by atoms with E-state index in [9.17, 15) is 4.79 Å². The normalized spacial score (nSPS) is 19.0. The lowest BCUT2D eigenvalue weighted by atomic mass is 10.1. The van der Waals surface area contributed by atoms with E-state index in [1.165, 1.54) is 0 Å². The molecule has 0 radical (unpaired) electrons. The van der Waals surface area contributed by atoms with Gasteiger partial charge in [-0.2, -0.15) is 0 Å². The summed E-state index contributed by atoms with van der Waals surface area (Å²) in [5.74, 6) is 0.474. The van der Waals surface area contributed by atoms with Crippen molar-refractivity contribution in [2.24, 2.45) is 4.99 Å². The van der Waals surface area contributed by atoms with Crippen LogP contribution in [0.25, 0.3) is 0 Å². The van der Waals surface area contributed by atoms with Crippen LogP contribution in [0, 0.1) is 0 Å². The number of ether oxygens (including phenoxy) is 2. The van der Waals surface area contributed by atoms with Gasteiger partial charge in [0.15, 0.2) is 5.90 Å². The highest BCUT2D eigenvalue weighted by Crippen LogP contribution is 2.14. The molecule has 0 saturated heterocycles. The highest BCUT2D eigenvalue weighted by Gasteiger charge is 2.31. The summed E-state index contributed by atoms with van der Waals surface area (Å²) in [6, 6.07) is 9.74. The number of carbonyl (C=O) groups excluding carboxylic acids is 1. The van der Waals surface area contributed by atoms with Crippen LogP contribution in [0.1, 0.15) is 19.4 Å². The molecule has 1 aromatic rings. The number of benzene rings is 1. The summed E-state index contributed by atoms with van der Waals surface area (Å²) in [4.78, 5) is 18.5. The van der Waals surface area contributed by atoms with Crippen molar-refractivity contribution in [1.82, 2.24) is 4.90 Å². The number of hydrogen-bond acceptors (Lipinski definition) is 5. The molecule has 0 saturated carbocycles. The van der Waals surface area contributed by atoms with Crippen molar-refractivity contribution in [2.45, 2.75) is 26.4 Å². The molecule has 0 aliphatic carbocycles. The lowest BCUT2D eigenvalue weighted by molar-refractivity contribution is -0.149. The predicted molar refractivity (Wildman–Crippen MR) is 81.2 cm³/mol. The molecule has 1 aromatic carbocycles. The predicted octanol–water partition coefficient (Wildman–Crippen LogP) is 1.87. The summed E-state index contributed by atoms with van der Waals surface area (Å²) >= 11 is 0. The lowest BCUT2D eigenvalue weighted by Crippen LogP contribution is -2.49. The van der Waals surface area contributed by atoms with Crippen LogP contribution in [0.5, 0.6) is 0 Å². The van der Waals surface area contributed by atoms with Gasteiger partial charge in [-0.25, -0.2) is 0 Å². The fourth-order valence-electron chi connectivity index (χ4n) is 2.34. The maximum absolute atomic E-state index is 12.1. The molecular formula is C16H22N2O3.